The van der Waals surface area contributed by atoms with Gasteiger partial charge in [0.15, 0.2) is 0 Å². The van der Waals surface area contributed by atoms with E-state index in [1.54, 1.807) is 0 Å². The number of rotatable bonds is 35. The molecular weight excluding hydrogens is 490 g/mol. The van der Waals surface area contributed by atoms with Crippen molar-refractivity contribution in [3.63, 3.8) is 0 Å². The van der Waals surface area contributed by atoms with E-state index in [0.29, 0.717) is 6.54 Å². The monoisotopic (exact) mass is 566 g/mol. The molecule has 40 heavy (non-hydrogen) atoms. The van der Waals surface area contributed by atoms with E-state index >= 15 is 0 Å². The van der Waals surface area contributed by atoms with Crippen molar-refractivity contribution in [2.24, 2.45) is 0 Å². The Morgan fingerprint density at radius 1 is 0.350 bits per heavy atom. The summed E-state index contributed by atoms with van der Waals surface area (Å²) in [5, 5.41) is 11.0. The van der Waals surface area contributed by atoms with Gasteiger partial charge in [0.05, 0.1) is 0 Å². The molecule has 0 aromatic heterocycles. The number of carboxylic acid groups (broad SMARTS) is 1. The summed E-state index contributed by atoms with van der Waals surface area (Å²) in [5.41, 5.74) is 0. The summed E-state index contributed by atoms with van der Waals surface area (Å²) in [4.78, 5) is 10.4. The maximum absolute atomic E-state index is 10.4. The van der Waals surface area contributed by atoms with Crippen molar-refractivity contribution in [2.45, 2.75) is 225 Å². The van der Waals surface area contributed by atoms with Gasteiger partial charge in [-0.15, -0.1) is 0 Å². The second-order valence-electron chi connectivity index (χ2n) is 12.9. The van der Waals surface area contributed by atoms with Crippen LogP contribution in [0.4, 0.5) is 4.79 Å². The van der Waals surface area contributed by atoms with Gasteiger partial charge in [-0.1, -0.05) is 219 Å². The van der Waals surface area contributed by atoms with Crippen molar-refractivity contribution in [3.8, 4) is 0 Å². The van der Waals surface area contributed by atoms with Crippen LogP contribution >= 0.6 is 0 Å². The first-order valence-corrected chi connectivity index (χ1v) is 18.7. The maximum Gasteiger partial charge on any atom is 0.404 e. The van der Waals surface area contributed by atoms with E-state index in [1.165, 1.54) is 205 Å². The molecule has 0 bridgehead atoms. The largest absolute Gasteiger partial charge is 0.465 e. The van der Waals surface area contributed by atoms with Crippen LogP contribution in [-0.4, -0.2) is 17.7 Å². The Kier molecular flexibility index (Phi) is 35.6. The summed E-state index contributed by atoms with van der Waals surface area (Å²) in [6, 6.07) is 0. The SMILES string of the molecule is CCCCCCCCCCCCCCCCCCCCCCCCCCCCCCCCCCCCNC(=O)O. The number of amides is 1. The third kappa shape index (κ3) is 37.3. The predicted molar refractivity (Wildman–Crippen MR) is 179 cm³/mol. The van der Waals surface area contributed by atoms with Crippen LogP contribution in [0.3, 0.4) is 0 Å². The van der Waals surface area contributed by atoms with Gasteiger partial charge in [-0.05, 0) is 6.42 Å². The minimum Gasteiger partial charge on any atom is -0.465 e. The lowest BCUT2D eigenvalue weighted by Crippen LogP contribution is -2.21. The van der Waals surface area contributed by atoms with Crippen LogP contribution in [0.5, 0.6) is 0 Å². The van der Waals surface area contributed by atoms with Crippen molar-refractivity contribution in [3.05, 3.63) is 0 Å². The zero-order chi connectivity index (χ0) is 29.0. The Balaban J connectivity index is 3.03. The zero-order valence-corrected chi connectivity index (χ0v) is 27.6. The topological polar surface area (TPSA) is 49.3 Å². The van der Waals surface area contributed by atoms with Crippen LogP contribution in [0.2, 0.25) is 0 Å². The van der Waals surface area contributed by atoms with Crippen molar-refractivity contribution in [1.29, 1.82) is 0 Å². The van der Waals surface area contributed by atoms with Gasteiger partial charge < -0.3 is 10.4 Å². The van der Waals surface area contributed by atoms with Gasteiger partial charge in [-0.3, -0.25) is 0 Å². The van der Waals surface area contributed by atoms with E-state index in [-0.39, 0.29) is 0 Å². The summed E-state index contributed by atoms with van der Waals surface area (Å²) in [6.45, 7) is 2.91. The first-order valence-electron chi connectivity index (χ1n) is 18.7. The third-order valence-corrected chi connectivity index (χ3v) is 8.81. The Morgan fingerprint density at radius 2 is 0.525 bits per heavy atom. The lowest BCUT2D eigenvalue weighted by molar-refractivity contribution is 0.194. The second-order valence-corrected chi connectivity index (χ2v) is 12.9. The van der Waals surface area contributed by atoms with E-state index < -0.39 is 6.09 Å². The predicted octanol–water partition coefficient (Wildman–Crippen LogP) is 13.5. The third-order valence-electron chi connectivity index (χ3n) is 8.81. The number of unbranched alkanes of at least 4 members (excludes halogenated alkanes) is 33. The molecule has 0 aliphatic rings. The van der Waals surface area contributed by atoms with Crippen LogP contribution in [0.1, 0.15) is 225 Å². The van der Waals surface area contributed by atoms with Crippen molar-refractivity contribution in [1.82, 2.24) is 5.32 Å². The molecule has 0 heterocycles. The highest BCUT2D eigenvalue weighted by Gasteiger charge is 1.98. The highest BCUT2D eigenvalue weighted by Crippen LogP contribution is 2.17. The average molecular weight is 566 g/mol. The van der Waals surface area contributed by atoms with Crippen LogP contribution in [-0.2, 0) is 0 Å². The van der Waals surface area contributed by atoms with Crippen LogP contribution in [0.25, 0.3) is 0 Å². The fourth-order valence-corrected chi connectivity index (χ4v) is 6.05. The molecule has 0 unspecified atom stereocenters. The van der Waals surface area contributed by atoms with E-state index in [1.807, 2.05) is 0 Å². The summed E-state index contributed by atoms with van der Waals surface area (Å²) >= 11 is 0. The Bertz CT molecular complexity index is 467. The highest BCUT2D eigenvalue weighted by atomic mass is 16.4. The lowest BCUT2D eigenvalue weighted by atomic mass is 10.0. The van der Waals surface area contributed by atoms with Crippen LogP contribution in [0.15, 0.2) is 0 Å². The van der Waals surface area contributed by atoms with Gasteiger partial charge in [0.25, 0.3) is 0 Å². The lowest BCUT2D eigenvalue weighted by Gasteiger charge is -2.05. The first kappa shape index (κ1) is 39.3. The fourth-order valence-electron chi connectivity index (χ4n) is 6.05. The molecule has 0 fully saturated rings. The maximum atomic E-state index is 10.4. The molecule has 2 N–H and O–H groups in total. The van der Waals surface area contributed by atoms with Gasteiger partial charge in [0, 0.05) is 6.54 Å². The standard InChI is InChI=1S/C37H75NO2/c1-2-3-4-5-6-7-8-9-10-11-12-13-14-15-16-17-18-19-20-21-22-23-24-25-26-27-28-29-30-31-32-33-34-35-36-38-37(39)40/h38H,2-36H2,1H3,(H,39,40). The van der Waals surface area contributed by atoms with Crippen molar-refractivity contribution < 1.29 is 9.90 Å². The molecule has 0 aromatic rings. The van der Waals surface area contributed by atoms with E-state index in [9.17, 15) is 4.79 Å². The van der Waals surface area contributed by atoms with E-state index in [0.717, 1.165) is 12.8 Å². The number of hydrogen-bond acceptors (Lipinski definition) is 1. The summed E-state index contributed by atoms with van der Waals surface area (Å²) in [7, 11) is 0. The van der Waals surface area contributed by atoms with Gasteiger partial charge in [0.1, 0.15) is 0 Å². The number of nitrogens with one attached hydrogen (secondary N) is 1. The van der Waals surface area contributed by atoms with Gasteiger partial charge >= 0.3 is 6.09 Å². The molecule has 0 spiro atoms. The van der Waals surface area contributed by atoms with Crippen LogP contribution in [0, 0.1) is 0 Å². The van der Waals surface area contributed by atoms with Crippen molar-refractivity contribution in [2.75, 3.05) is 6.54 Å². The Hall–Kier alpha value is -0.730. The minimum absolute atomic E-state index is 0.606. The molecule has 0 aliphatic heterocycles. The molecule has 0 rings (SSSR count). The first-order chi connectivity index (χ1) is 19.8. The average Bonchev–Trinajstić information content (AvgIpc) is 2.95. The normalized spacial score (nSPS) is 11.3. The molecule has 3 nitrogen and oxygen atoms in total. The number of carbonyl (C=O) groups is 1. The highest BCUT2D eigenvalue weighted by molar-refractivity contribution is 5.64. The summed E-state index contributed by atoms with van der Waals surface area (Å²) in [5.74, 6) is 0. The molecule has 0 saturated carbocycles. The molecule has 0 aliphatic carbocycles. The van der Waals surface area contributed by atoms with Crippen molar-refractivity contribution >= 4 is 6.09 Å². The van der Waals surface area contributed by atoms with E-state index in [2.05, 4.69) is 12.2 Å². The molecule has 0 atom stereocenters. The van der Waals surface area contributed by atoms with E-state index in [4.69, 9.17) is 5.11 Å². The fraction of sp³-hybridized carbons (Fsp3) is 0.973. The quantitative estimate of drug-likeness (QED) is 0.0751. The molecule has 0 radical (unpaired) electrons. The Morgan fingerprint density at radius 3 is 0.700 bits per heavy atom. The smallest absolute Gasteiger partial charge is 0.404 e. The molecule has 0 saturated heterocycles. The minimum atomic E-state index is -0.897. The number of hydrogen-bond donors (Lipinski definition) is 2. The molecule has 0 aromatic carbocycles. The van der Waals surface area contributed by atoms with Crippen LogP contribution < -0.4 is 5.32 Å². The summed E-state index contributed by atoms with van der Waals surface area (Å²) < 4.78 is 0. The Labute approximate surface area is 252 Å². The zero-order valence-electron chi connectivity index (χ0n) is 27.6. The molecule has 240 valence electrons. The summed E-state index contributed by atoms with van der Waals surface area (Å²) in [6.07, 6.45) is 47.4. The van der Waals surface area contributed by atoms with Gasteiger partial charge in [0.2, 0.25) is 0 Å². The molecule has 1 amide bonds. The second kappa shape index (κ2) is 36.3. The van der Waals surface area contributed by atoms with Gasteiger partial charge in [-0.25, -0.2) is 4.79 Å². The van der Waals surface area contributed by atoms with Gasteiger partial charge in [-0.2, -0.15) is 0 Å². The molecule has 3 heteroatoms. The molecular formula is C37H75NO2.